The fourth-order valence-electron chi connectivity index (χ4n) is 3.41. The predicted molar refractivity (Wildman–Crippen MR) is 108 cm³/mol. The summed E-state index contributed by atoms with van der Waals surface area (Å²) in [5.41, 5.74) is 0.803. The first-order valence-corrected chi connectivity index (χ1v) is 10.1. The molecule has 0 saturated carbocycles. The van der Waals surface area contributed by atoms with Crippen LogP contribution in [-0.4, -0.2) is 27.4 Å². The molecule has 144 valence electrons. The number of esters is 1. The van der Waals surface area contributed by atoms with Crippen LogP contribution in [0.4, 0.5) is 0 Å². The molecule has 3 aromatic rings. The summed E-state index contributed by atoms with van der Waals surface area (Å²) in [7, 11) is 0. The third-order valence-corrected chi connectivity index (χ3v) is 6.26. The van der Waals surface area contributed by atoms with E-state index in [9.17, 15) is 14.4 Å². The molecule has 0 radical (unpaired) electrons. The summed E-state index contributed by atoms with van der Waals surface area (Å²) >= 11 is 7.05. The Labute approximate surface area is 169 Å². The van der Waals surface area contributed by atoms with E-state index in [4.69, 9.17) is 16.3 Å². The number of ether oxygens (including phenoxy) is 1. The van der Waals surface area contributed by atoms with Gasteiger partial charge < -0.3 is 4.74 Å². The van der Waals surface area contributed by atoms with Crippen molar-refractivity contribution in [2.75, 3.05) is 0 Å². The van der Waals surface area contributed by atoms with Crippen LogP contribution < -0.4 is 5.56 Å². The molecular weight excluding hydrogens is 400 g/mol. The lowest BCUT2D eigenvalue weighted by molar-refractivity contribution is 0.0323. The second kappa shape index (κ2) is 7.14. The van der Waals surface area contributed by atoms with E-state index in [0.717, 1.165) is 30.0 Å². The SMILES string of the molecule is Cc1c(C(=O)OC(C)C(=O)c2cccc(Cl)c2)sc2nc3n(c(=O)c12)CCC3. The van der Waals surface area contributed by atoms with Crippen molar-refractivity contribution in [3.8, 4) is 0 Å². The summed E-state index contributed by atoms with van der Waals surface area (Å²) in [5.74, 6) is -0.220. The standard InChI is InChI=1S/C20H17ClN2O4S/c1-10-15-18(22-14-7-4-8-23(14)19(15)25)28-17(10)20(26)27-11(2)16(24)12-5-3-6-13(21)9-12/h3,5-6,9,11H,4,7-8H2,1-2H3. The van der Waals surface area contributed by atoms with Crippen molar-refractivity contribution in [3.63, 3.8) is 0 Å². The molecule has 1 aromatic carbocycles. The first kappa shape index (κ1) is 18.8. The lowest BCUT2D eigenvalue weighted by Gasteiger charge is -2.12. The van der Waals surface area contributed by atoms with Crippen LogP contribution >= 0.6 is 22.9 Å². The van der Waals surface area contributed by atoms with Crippen molar-refractivity contribution in [2.24, 2.45) is 0 Å². The minimum absolute atomic E-state index is 0.117. The number of aryl methyl sites for hydroxylation is 2. The second-order valence-electron chi connectivity index (χ2n) is 6.75. The number of hydrogen-bond donors (Lipinski definition) is 0. The molecule has 0 N–H and O–H groups in total. The number of ketones is 1. The van der Waals surface area contributed by atoms with E-state index < -0.39 is 12.1 Å². The van der Waals surface area contributed by atoms with E-state index in [0.29, 0.717) is 37.8 Å². The van der Waals surface area contributed by atoms with Crippen LogP contribution in [0.3, 0.4) is 0 Å². The van der Waals surface area contributed by atoms with Gasteiger partial charge in [-0.05, 0) is 38.0 Å². The Bertz CT molecular complexity index is 1180. The van der Waals surface area contributed by atoms with Gasteiger partial charge in [-0.2, -0.15) is 0 Å². The average Bonchev–Trinajstić information content (AvgIpc) is 3.26. The number of benzene rings is 1. The highest BCUT2D eigenvalue weighted by Crippen LogP contribution is 2.29. The average molecular weight is 417 g/mol. The minimum Gasteiger partial charge on any atom is -0.450 e. The van der Waals surface area contributed by atoms with E-state index in [1.165, 1.54) is 13.0 Å². The zero-order valence-corrected chi connectivity index (χ0v) is 16.9. The van der Waals surface area contributed by atoms with Crippen LogP contribution in [-0.2, 0) is 17.7 Å². The van der Waals surface area contributed by atoms with E-state index in [2.05, 4.69) is 4.98 Å². The molecule has 2 aromatic heterocycles. The van der Waals surface area contributed by atoms with Crippen LogP contribution in [0.2, 0.25) is 5.02 Å². The summed E-state index contributed by atoms with van der Waals surface area (Å²) in [6.07, 6.45) is 0.679. The quantitative estimate of drug-likeness (QED) is 0.477. The Kier molecular flexibility index (Phi) is 4.81. The molecule has 1 aliphatic heterocycles. The third kappa shape index (κ3) is 3.14. The summed E-state index contributed by atoms with van der Waals surface area (Å²) < 4.78 is 7.05. The number of halogens is 1. The molecule has 0 amide bonds. The lowest BCUT2D eigenvalue weighted by Crippen LogP contribution is -2.24. The van der Waals surface area contributed by atoms with Gasteiger partial charge in [-0.15, -0.1) is 11.3 Å². The van der Waals surface area contributed by atoms with Gasteiger partial charge in [0.05, 0.1) is 5.39 Å². The van der Waals surface area contributed by atoms with Gasteiger partial charge in [-0.1, -0.05) is 23.7 Å². The monoisotopic (exact) mass is 416 g/mol. The van der Waals surface area contributed by atoms with Crippen LogP contribution in [0.1, 0.15) is 44.8 Å². The van der Waals surface area contributed by atoms with Crippen LogP contribution in [0.15, 0.2) is 29.1 Å². The topological polar surface area (TPSA) is 78.3 Å². The molecule has 8 heteroatoms. The summed E-state index contributed by atoms with van der Waals surface area (Å²) in [6, 6.07) is 6.48. The third-order valence-electron chi connectivity index (χ3n) is 4.86. The number of Topliss-reactive ketones (excluding diaryl/α,β-unsaturated/α-hetero) is 1. The molecule has 28 heavy (non-hydrogen) atoms. The van der Waals surface area contributed by atoms with Gasteiger partial charge in [-0.3, -0.25) is 14.2 Å². The molecule has 1 aliphatic rings. The highest BCUT2D eigenvalue weighted by Gasteiger charge is 2.26. The highest BCUT2D eigenvalue weighted by molar-refractivity contribution is 7.20. The number of rotatable bonds is 4. The molecule has 3 heterocycles. The Morgan fingerprint density at radius 2 is 2.14 bits per heavy atom. The fourth-order valence-corrected chi connectivity index (χ4v) is 4.68. The number of hydrogen-bond acceptors (Lipinski definition) is 6. The van der Waals surface area contributed by atoms with E-state index >= 15 is 0 Å². The van der Waals surface area contributed by atoms with Crippen molar-refractivity contribution >= 4 is 44.9 Å². The Morgan fingerprint density at radius 3 is 2.89 bits per heavy atom. The normalized spacial score (nSPS) is 14.1. The molecule has 0 saturated heterocycles. The van der Waals surface area contributed by atoms with Crippen LogP contribution in [0, 0.1) is 6.92 Å². The number of carbonyl (C=O) groups is 2. The Morgan fingerprint density at radius 1 is 1.36 bits per heavy atom. The minimum atomic E-state index is -0.977. The summed E-state index contributed by atoms with van der Waals surface area (Å²) in [6.45, 7) is 3.88. The maximum Gasteiger partial charge on any atom is 0.349 e. The smallest absolute Gasteiger partial charge is 0.349 e. The molecular formula is C20H17ClN2O4S. The molecule has 0 fully saturated rings. The van der Waals surface area contributed by atoms with Crippen molar-refractivity contribution < 1.29 is 14.3 Å². The number of aromatic nitrogens is 2. The van der Waals surface area contributed by atoms with Crippen molar-refractivity contribution in [2.45, 2.75) is 39.3 Å². The number of nitrogens with zero attached hydrogens (tertiary/aromatic N) is 2. The van der Waals surface area contributed by atoms with Gasteiger partial charge in [0.15, 0.2) is 6.10 Å². The van der Waals surface area contributed by atoms with Crippen molar-refractivity contribution in [1.29, 1.82) is 0 Å². The molecule has 1 atom stereocenters. The first-order chi connectivity index (χ1) is 13.4. The Hall–Kier alpha value is -2.51. The summed E-state index contributed by atoms with van der Waals surface area (Å²) in [5, 5.41) is 0.890. The molecule has 6 nitrogen and oxygen atoms in total. The molecule has 0 aliphatic carbocycles. The highest BCUT2D eigenvalue weighted by atomic mass is 35.5. The maximum atomic E-state index is 12.7. The largest absolute Gasteiger partial charge is 0.450 e. The first-order valence-electron chi connectivity index (χ1n) is 8.90. The number of carbonyl (C=O) groups excluding carboxylic acids is 2. The maximum absolute atomic E-state index is 12.7. The molecule has 0 spiro atoms. The van der Waals surface area contributed by atoms with Crippen LogP contribution in [0.5, 0.6) is 0 Å². The number of thiophene rings is 1. The van der Waals surface area contributed by atoms with Crippen molar-refractivity contribution in [3.05, 3.63) is 61.5 Å². The van der Waals surface area contributed by atoms with Gasteiger partial charge in [-0.25, -0.2) is 9.78 Å². The zero-order valence-electron chi connectivity index (χ0n) is 15.3. The second-order valence-corrected chi connectivity index (χ2v) is 8.18. The zero-order chi connectivity index (χ0) is 20.0. The van der Waals surface area contributed by atoms with Gasteiger partial charge in [0.1, 0.15) is 15.5 Å². The van der Waals surface area contributed by atoms with Gasteiger partial charge >= 0.3 is 5.97 Å². The van der Waals surface area contributed by atoms with E-state index in [1.54, 1.807) is 29.7 Å². The Balaban J connectivity index is 1.62. The lowest BCUT2D eigenvalue weighted by atomic mass is 10.1. The summed E-state index contributed by atoms with van der Waals surface area (Å²) in [4.78, 5) is 43.3. The van der Waals surface area contributed by atoms with Gasteiger partial charge in [0, 0.05) is 23.6 Å². The predicted octanol–water partition coefficient (Wildman–Crippen LogP) is 3.79. The van der Waals surface area contributed by atoms with Crippen LogP contribution in [0.25, 0.3) is 10.2 Å². The molecule has 1 unspecified atom stereocenters. The molecule has 0 bridgehead atoms. The fraction of sp³-hybridized carbons (Fsp3) is 0.300. The number of fused-ring (bicyclic) bond motifs is 2. The van der Waals surface area contributed by atoms with E-state index in [1.807, 2.05) is 0 Å². The van der Waals surface area contributed by atoms with E-state index in [-0.39, 0.29) is 11.3 Å². The van der Waals surface area contributed by atoms with Gasteiger partial charge in [0.2, 0.25) is 5.78 Å². The molecule has 4 rings (SSSR count). The van der Waals surface area contributed by atoms with Gasteiger partial charge in [0.25, 0.3) is 5.56 Å². The van der Waals surface area contributed by atoms with Crippen molar-refractivity contribution in [1.82, 2.24) is 9.55 Å².